The second kappa shape index (κ2) is 8.71. The molecule has 148 valence electrons. The van der Waals surface area contributed by atoms with Crippen molar-refractivity contribution in [3.05, 3.63) is 29.1 Å². The average Bonchev–Trinajstić information content (AvgIpc) is 2.93. The monoisotopic (exact) mass is 396 g/mol. The number of allylic oxidation sites excluding steroid dienone is 1. The van der Waals surface area contributed by atoms with E-state index in [1.165, 1.54) is 44.5 Å². The van der Waals surface area contributed by atoms with Crippen molar-refractivity contribution in [1.29, 1.82) is 0 Å². The minimum atomic E-state index is -1.89. The molecule has 27 heavy (non-hydrogen) atoms. The zero-order valence-corrected chi connectivity index (χ0v) is 15.9. The zero-order chi connectivity index (χ0) is 19.4. The highest BCUT2D eigenvalue weighted by molar-refractivity contribution is 7.85. The number of nitrogens with zero attached hydrogens (tertiary/aromatic N) is 1. The van der Waals surface area contributed by atoms with Crippen LogP contribution < -0.4 is 20.1 Å². The number of aromatic hydroxyl groups is 1. The summed E-state index contributed by atoms with van der Waals surface area (Å²) >= 11 is -1.89. The fourth-order valence-corrected chi connectivity index (χ4v) is 4.10. The minimum Gasteiger partial charge on any atom is -0.506 e. The lowest BCUT2D eigenvalue weighted by Crippen LogP contribution is -2.23. The van der Waals surface area contributed by atoms with Crippen LogP contribution in [0.1, 0.15) is 44.1 Å². The van der Waals surface area contributed by atoms with Gasteiger partial charge < -0.3 is 16.2 Å². The van der Waals surface area contributed by atoms with Crippen molar-refractivity contribution < 1.29 is 18.5 Å². The molecule has 1 unspecified atom stereocenters. The van der Waals surface area contributed by atoms with Crippen molar-refractivity contribution in [2.24, 2.45) is 5.73 Å². The molecule has 2 saturated heterocycles. The number of phenols is 1. The highest BCUT2D eigenvalue weighted by Gasteiger charge is 2.31. The molecule has 1 aliphatic carbocycles. The Morgan fingerprint density at radius 2 is 1.89 bits per heavy atom. The number of anilines is 1. The second-order valence-corrected chi connectivity index (χ2v) is 7.96. The minimum absolute atomic E-state index is 0.262. The molecule has 4 rings (SSSR count). The van der Waals surface area contributed by atoms with Crippen molar-refractivity contribution >= 4 is 28.5 Å². The maximum Gasteiger partial charge on any atom is 0.253 e. The summed E-state index contributed by atoms with van der Waals surface area (Å²) < 4.78 is 29.0. The fraction of sp³-hybridized carbons (Fsp3) is 0.500. The molecular formula is C18H25FN4O3S. The van der Waals surface area contributed by atoms with Crippen LogP contribution in [0.25, 0.3) is 5.70 Å². The third kappa shape index (κ3) is 4.59. The van der Waals surface area contributed by atoms with E-state index < -0.39 is 28.6 Å². The maximum atomic E-state index is 14.3. The number of rotatable bonds is 2. The van der Waals surface area contributed by atoms with E-state index in [1.54, 1.807) is 0 Å². The molecule has 1 atom stereocenters. The summed E-state index contributed by atoms with van der Waals surface area (Å²) in [4.78, 5) is 11.2. The van der Waals surface area contributed by atoms with Crippen molar-refractivity contribution in [2.75, 3.05) is 23.9 Å². The number of piperidine rings is 1. The lowest BCUT2D eigenvalue weighted by Gasteiger charge is -2.21. The van der Waals surface area contributed by atoms with Gasteiger partial charge in [-0.15, -0.1) is 0 Å². The number of carbonyl (C=O) groups excluding carboxylic acids is 1. The molecule has 0 spiro atoms. The topological polar surface area (TPSA) is 108 Å². The Morgan fingerprint density at radius 1 is 1.19 bits per heavy atom. The molecule has 1 aromatic carbocycles. The second-order valence-electron chi connectivity index (χ2n) is 6.82. The van der Waals surface area contributed by atoms with Crippen LogP contribution in [0.15, 0.2) is 17.7 Å². The van der Waals surface area contributed by atoms with E-state index in [0.717, 1.165) is 29.1 Å². The highest BCUT2D eigenvalue weighted by Crippen LogP contribution is 2.37. The quantitative estimate of drug-likeness (QED) is 0.608. The van der Waals surface area contributed by atoms with Gasteiger partial charge in [0, 0.05) is 11.3 Å². The Balaban J connectivity index is 0.000000299. The van der Waals surface area contributed by atoms with Gasteiger partial charge in [-0.3, -0.25) is 13.8 Å². The van der Waals surface area contributed by atoms with Gasteiger partial charge in [-0.1, -0.05) is 6.42 Å². The molecule has 0 radical (unpaired) electrons. The molecule has 7 nitrogen and oxygen atoms in total. The molecule has 3 fully saturated rings. The molecule has 2 heterocycles. The van der Waals surface area contributed by atoms with Gasteiger partial charge in [-0.05, 0) is 62.9 Å². The Labute approximate surface area is 160 Å². The molecule has 1 aromatic rings. The smallest absolute Gasteiger partial charge is 0.253 e. The van der Waals surface area contributed by atoms with Crippen LogP contribution in [-0.4, -0.2) is 34.9 Å². The van der Waals surface area contributed by atoms with Gasteiger partial charge in [-0.25, -0.2) is 8.60 Å². The van der Waals surface area contributed by atoms with Crippen LogP contribution in [0.3, 0.4) is 0 Å². The fourth-order valence-electron chi connectivity index (χ4n) is 3.15. The summed E-state index contributed by atoms with van der Waals surface area (Å²) in [5.41, 5.74) is 7.60. The number of amides is 1. The lowest BCUT2D eigenvalue weighted by atomic mass is 9.88. The molecule has 5 N–H and O–H groups in total. The van der Waals surface area contributed by atoms with Gasteiger partial charge in [0.05, 0.1) is 0 Å². The summed E-state index contributed by atoms with van der Waals surface area (Å²) in [6.07, 6.45) is 7.03. The summed E-state index contributed by atoms with van der Waals surface area (Å²) in [6.45, 7) is 2.23. The standard InChI is InChI=1S/C13H14FN3O3S.C5H11N/c14-9-4-8(12(15)7-2-1-3-7)5-10(18)13(9)17-6-11(19)16-21(17)20;1-2-4-6-5-3-1/h4-5,18H,1-3,6,15H2,(H,16,19);6H,1-5H2. The van der Waals surface area contributed by atoms with Gasteiger partial charge in [0.1, 0.15) is 18.0 Å². The van der Waals surface area contributed by atoms with Gasteiger partial charge in [0.2, 0.25) is 11.2 Å². The predicted molar refractivity (Wildman–Crippen MR) is 103 cm³/mol. The molecule has 1 saturated carbocycles. The summed E-state index contributed by atoms with van der Waals surface area (Å²) in [5, 5.41) is 13.3. The number of carbonyl (C=O) groups is 1. The Bertz CT molecular complexity index is 739. The number of halogens is 1. The van der Waals surface area contributed by atoms with Crippen LogP contribution in [-0.2, 0) is 16.0 Å². The third-order valence-electron chi connectivity index (χ3n) is 4.84. The average molecular weight is 396 g/mol. The van der Waals surface area contributed by atoms with Crippen LogP contribution >= 0.6 is 0 Å². The van der Waals surface area contributed by atoms with E-state index >= 15 is 0 Å². The molecule has 9 heteroatoms. The number of hydrogen-bond acceptors (Lipinski definition) is 5. The predicted octanol–water partition coefficient (Wildman–Crippen LogP) is 1.66. The van der Waals surface area contributed by atoms with Crippen molar-refractivity contribution in [3.8, 4) is 5.75 Å². The van der Waals surface area contributed by atoms with Gasteiger partial charge >= 0.3 is 0 Å². The normalized spacial score (nSPS) is 21.8. The van der Waals surface area contributed by atoms with E-state index in [-0.39, 0.29) is 12.2 Å². The van der Waals surface area contributed by atoms with Crippen LogP contribution in [0.4, 0.5) is 10.1 Å². The van der Waals surface area contributed by atoms with Crippen LogP contribution in [0.5, 0.6) is 5.75 Å². The summed E-state index contributed by atoms with van der Waals surface area (Å²) in [6, 6.07) is 2.52. The van der Waals surface area contributed by atoms with Crippen molar-refractivity contribution in [2.45, 2.75) is 38.5 Å². The molecule has 0 aromatic heterocycles. The zero-order valence-electron chi connectivity index (χ0n) is 15.1. The molecule has 2 aliphatic heterocycles. The Hall–Kier alpha value is -2.13. The number of phenolic OH excluding ortho intramolecular Hbond substituents is 1. The van der Waals surface area contributed by atoms with Gasteiger partial charge in [-0.2, -0.15) is 0 Å². The van der Waals surface area contributed by atoms with Crippen LogP contribution in [0, 0.1) is 5.82 Å². The van der Waals surface area contributed by atoms with Gasteiger partial charge in [0.25, 0.3) is 5.91 Å². The molecule has 0 bridgehead atoms. The summed E-state index contributed by atoms with van der Waals surface area (Å²) in [5.74, 6) is -1.65. The molecule has 1 amide bonds. The number of nitrogens with two attached hydrogens (primary N) is 1. The first-order valence-corrected chi connectivity index (χ1v) is 10.3. The van der Waals surface area contributed by atoms with Gasteiger partial charge in [0.15, 0.2) is 5.82 Å². The van der Waals surface area contributed by atoms with E-state index in [4.69, 9.17) is 5.73 Å². The van der Waals surface area contributed by atoms with Crippen molar-refractivity contribution in [3.63, 3.8) is 0 Å². The Kier molecular flexibility index (Phi) is 6.33. The van der Waals surface area contributed by atoms with E-state index in [2.05, 4.69) is 10.0 Å². The lowest BCUT2D eigenvalue weighted by molar-refractivity contribution is -0.117. The molecule has 3 aliphatic rings. The first-order chi connectivity index (χ1) is 13.0. The van der Waals surface area contributed by atoms with E-state index in [1.807, 2.05) is 0 Å². The maximum absolute atomic E-state index is 14.3. The van der Waals surface area contributed by atoms with E-state index in [9.17, 15) is 18.5 Å². The number of hydrogen-bond donors (Lipinski definition) is 4. The van der Waals surface area contributed by atoms with Crippen LogP contribution in [0.2, 0.25) is 0 Å². The van der Waals surface area contributed by atoms with Crippen molar-refractivity contribution in [1.82, 2.24) is 10.0 Å². The highest BCUT2D eigenvalue weighted by atomic mass is 32.2. The largest absolute Gasteiger partial charge is 0.506 e. The Morgan fingerprint density at radius 3 is 2.30 bits per heavy atom. The first kappa shape index (κ1) is 19.6. The van der Waals surface area contributed by atoms with E-state index in [0.29, 0.717) is 11.3 Å². The SMILES string of the molecule is C1CCNCC1.NC(=C1CCC1)c1cc(O)c(N2CC(=O)NS2=O)c(F)c1. The summed E-state index contributed by atoms with van der Waals surface area (Å²) in [7, 11) is 0. The number of nitrogens with one attached hydrogen (secondary N) is 2. The molecular weight excluding hydrogens is 371 g/mol. The number of benzene rings is 1. The first-order valence-electron chi connectivity index (χ1n) is 9.17. The third-order valence-corrected chi connectivity index (χ3v) is 5.95.